The van der Waals surface area contributed by atoms with Crippen molar-refractivity contribution >= 4 is 23.4 Å². The number of carbonyl (C=O) groups excluding carboxylic acids is 2. The van der Waals surface area contributed by atoms with E-state index in [0.717, 1.165) is 25.8 Å². The number of hydrogen-bond acceptors (Lipinski definition) is 4. The van der Waals surface area contributed by atoms with Gasteiger partial charge in [0.1, 0.15) is 5.75 Å². The van der Waals surface area contributed by atoms with Gasteiger partial charge in [-0.05, 0) is 57.1 Å². The quantitative estimate of drug-likeness (QED) is 0.686. The van der Waals surface area contributed by atoms with Crippen LogP contribution < -0.4 is 15.4 Å². The number of nitrogens with one attached hydrogen (secondary N) is 2. The highest BCUT2D eigenvalue weighted by Gasteiger charge is 2.68. The summed E-state index contributed by atoms with van der Waals surface area (Å²) in [5, 5.41) is 6.77. The minimum atomic E-state index is -0.131. The normalized spacial score (nSPS) is 25.8. The summed E-state index contributed by atoms with van der Waals surface area (Å²) in [5.41, 5.74) is -0.131. The Morgan fingerprint density at radius 1 is 1.27 bits per heavy atom. The number of ether oxygens (including phenoxy) is 1. The minimum absolute atomic E-state index is 0.0189. The second-order valence-electron chi connectivity index (χ2n) is 7.37. The molecule has 3 rings (SSSR count). The fourth-order valence-electron chi connectivity index (χ4n) is 3.77. The van der Waals surface area contributed by atoms with E-state index in [-0.39, 0.29) is 30.0 Å². The van der Waals surface area contributed by atoms with Gasteiger partial charge < -0.3 is 15.4 Å². The van der Waals surface area contributed by atoms with Crippen LogP contribution in [0.2, 0.25) is 5.02 Å². The molecule has 0 spiro atoms. The minimum Gasteiger partial charge on any atom is -0.484 e. The molecule has 0 saturated heterocycles. The van der Waals surface area contributed by atoms with Crippen LogP contribution in [0.4, 0.5) is 0 Å². The summed E-state index contributed by atoms with van der Waals surface area (Å²) in [6, 6.07) is 7.09. The van der Waals surface area contributed by atoms with E-state index in [1.165, 1.54) is 0 Å². The molecular formula is C19H26ClN3O3. The molecule has 2 aliphatic carbocycles. The van der Waals surface area contributed by atoms with Gasteiger partial charge in [0.25, 0.3) is 5.91 Å². The number of rotatable bonds is 9. The molecule has 0 aliphatic heterocycles. The lowest BCUT2D eigenvalue weighted by Gasteiger charge is -2.36. The smallest absolute Gasteiger partial charge is 0.258 e. The summed E-state index contributed by atoms with van der Waals surface area (Å²) in [6.07, 6.45) is 2.76. The third-order valence-corrected chi connectivity index (χ3v) is 5.39. The first-order chi connectivity index (χ1) is 12.4. The van der Waals surface area contributed by atoms with Gasteiger partial charge in [-0.15, -0.1) is 0 Å². The predicted molar refractivity (Wildman–Crippen MR) is 100 cm³/mol. The summed E-state index contributed by atoms with van der Waals surface area (Å²) < 4.78 is 5.47. The molecule has 2 N–H and O–H groups in total. The molecule has 3 atom stereocenters. The molecule has 26 heavy (non-hydrogen) atoms. The highest BCUT2D eigenvalue weighted by atomic mass is 35.5. The van der Waals surface area contributed by atoms with E-state index in [1.54, 1.807) is 24.3 Å². The van der Waals surface area contributed by atoms with Crippen LogP contribution >= 0.6 is 11.6 Å². The first-order valence-electron chi connectivity index (χ1n) is 9.09. The van der Waals surface area contributed by atoms with Crippen LogP contribution in [0.5, 0.6) is 5.75 Å². The summed E-state index contributed by atoms with van der Waals surface area (Å²) in [4.78, 5) is 26.2. The first-order valence-corrected chi connectivity index (χ1v) is 9.47. The molecule has 2 aliphatic rings. The molecular weight excluding hydrogens is 354 g/mol. The fraction of sp³-hybridized carbons (Fsp3) is 0.579. The Balaban J connectivity index is 1.36. The predicted octanol–water partition coefficient (Wildman–Crippen LogP) is 1.82. The lowest BCUT2D eigenvalue weighted by atomic mass is 9.86. The molecule has 2 fully saturated rings. The van der Waals surface area contributed by atoms with E-state index in [0.29, 0.717) is 23.2 Å². The number of benzene rings is 1. The van der Waals surface area contributed by atoms with Gasteiger partial charge in [0.05, 0.1) is 6.54 Å². The molecule has 2 unspecified atom stereocenters. The van der Waals surface area contributed by atoms with E-state index in [1.807, 2.05) is 11.9 Å². The maximum Gasteiger partial charge on any atom is 0.258 e. The van der Waals surface area contributed by atoms with Crippen molar-refractivity contribution in [3.05, 3.63) is 29.3 Å². The third-order valence-electron chi connectivity index (χ3n) is 5.14. The zero-order valence-electron chi connectivity index (χ0n) is 15.3. The van der Waals surface area contributed by atoms with Crippen LogP contribution in [-0.2, 0) is 9.59 Å². The van der Waals surface area contributed by atoms with Crippen molar-refractivity contribution in [1.82, 2.24) is 15.5 Å². The number of hydrogen-bond donors (Lipinski definition) is 2. The molecule has 142 valence electrons. The number of nitrogens with zero attached hydrogens (tertiary/aromatic N) is 1. The molecule has 7 heteroatoms. The van der Waals surface area contributed by atoms with Crippen molar-refractivity contribution in [2.24, 2.45) is 5.92 Å². The first kappa shape index (κ1) is 19.0. The summed E-state index contributed by atoms with van der Waals surface area (Å²) in [7, 11) is 1.95. The average Bonchev–Trinajstić information content (AvgIpc) is 3.16. The maximum absolute atomic E-state index is 12.1. The lowest BCUT2D eigenvalue weighted by Crippen LogP contribution is -2.57. The standard InChI is InChI=1S/C19H26ClN3O3/c1-3-8-23(2)11-17(24)21-16-10-19(9-15(16)19)22-18(25)12-26-14-6-4-13(20)5-7-14/h4-7,15-16H,3,8-12H2,1-2H3,(H,21,24)(H,22,25)/t15?,16-,19?/m0/s1. The second-order valence-corrected chi connectivity index (χ2v) is 7.81. The van der Waals surface area contributed by atoms with Crippen molar-refractivity contribution in [2.75, 3.05) is 26.7 Å². The Labute approximate surface area is 159 Å². The van der Waals surface area contributed by atoms with E-state index < -0.39 is 0 Å². The van der Waals surface area contributed by atoms with Crippen molar-refractivity contribution in [3.8, 4) is 5.75 Å². The Morgan fingerprint density at radius 2 is 2.00 bits per heavy atom. The topological polar surface area (TPSA) is 70.7 Å². The van der Waals surface area contributed by atoms with Crippen molar-refractivity contribution in [3.63, 3.8) is 0 Å². The van der Waals surface area contributed by atoms with Crippen LogP contribution in [0.3, 0.4) is 0 Å². The van der Waals surface area contributed by atoms with Crippen molar-refractivity contribution < 1.29 is 14.3 Å². The fourth-order valence-corrected chi connectivity index (χ4v) is 3.89. The number of fused-ring (bicyclic) bond motifs is 1. The van der Waals surface area contributed by atoms with Crippen LogP contribution in [0.25, 0.3) is 0 Å². The molecule has 1 aromatic rings. The summed E-state index contributed by atoms with van der Waals surface area (Å²) >= 11 is 5.82. The number of carbonyl (C=O) groups is 2. The Kier molecular flexibility index (Phi) is 5.73. The maximum atomic E-state index is 12.1. The molecule has 6 nitrogen and oxygen atoms in total. The Hall–Kier alpha value is -1.79. The van der Waals surface area contributed by atoms with Gasteiger partial charge in [-0.1, -0.05) is 18.5 Å². The molecule has 0 heterocycles. The van der Waals surface area contributed by atoms with Crippen LogP contribution in [0.1, 0.15) is 26.2 Å². The number of amides is 2. The molecule has 0 aromatic heterocycles. The molecule has 0 bridgehead atoms. The second kappa shape index (κ2) is 7.84. The Morgan fingerprint density at radius 3 is 2.65 bits per heavy atom. The van der Waals surface area contributed by atoms with E-state index in [2.05, 4.69) is 17.6 Å². The zero-order chi connectivity index (χ0) is 18.7. The lowest BCUT2D eigenvalue weighted by molar-refractivity contribution is -0.125. The largest absolute Gasteiger partial charge is 0.484 e. The van der Waals surface area contributed by atoms with Crippen molar-refractivity contribution in [1.29, 1.82) is 0 Å². The zero-order valence-corrected chi connectivity index (χ0v) is 16.0. The van der Waals surface area contributed by atoms with E-state index >= 15 is 0 Å². The van der Waals surface area contributed by atoms with Crippen LogP contribution in [0.15, 0.2) is 24.3 Å². The van der Waals surface area contributed by atoms with E-state index in [9.17, 15) is 9.59 Å². The van der Waals surface area contributed by atoms with Gasteiger partial charge in [0, 0.05) is 22.5 Å². The van der Waals surface area contributed by atoms with Gasteiger partial charge in [0.15, 0.2) is 6.61 Å². The third kappa shape index (κ3) is 4.48. The van der Waals surface area contributed by atoms with Gasteiger partial charge in [0.2, 0.25) is 5.91 Å². The molecule has 2 amide bonds. The van der Waals surface area contributed by atoms with Crippen molar-refractivity contribution in [2.45, 2.75) is 37.8 Å². The summed E-state index contributed by atoms with van der Waals surface area (Å²) in [6.45, 7) is 3.41. The molecule has 1 aromatic carbocycles. The van der Waals surface area contributed by atoms with E-state index in [4.69, 9.17) is 16.3 Å². The molecule has 0 radical (unpaired) electrons. The highest BCUT2D eigenvalue weighted by Crippen LogP contribution is 2.59. The van der Waals surface area contributed by atoms with Gasteiger partial charge >= 0.3 is 0 Å². The van der Waals surface area contributed by atoms with Gasteiger partial charge in [-0.2, -0.15) is 0 Å². The average molecular weight is 380 g/mol. The number of halogens is 1. The van der Waals surface area contributed by atoms with Crippen LogP contribution in [-0.4, -0.2) is 55.0 Å². The van der Waals surface area contributed by atoms with Crippen LogP contribution in [0, 0.1) is 5.92 Å². The summed E-state index contributed by atoms with van der Waals surface area (Å²) in [5.74, 6) is 0.894. The van der Waals surface area contributed by atoms with Gasteiger partial charge in [-0.25, -0.2) is 0 Å². The Bertz CT molecular complexity index is 666. The monoisotopic (exact) mass is 379 g/mol. The highest BCUT2D eigenvalue weighted by molar-refractivity contribution is 6.30. The molecule has 2 saturated carbocycles. The van der Waals surface area contributed by atoms with Gasteiger partial charge in [-0.3, -0.25) is 14.5 Å². The number of likely N-dealkylation sites (N-methyl/N-ethyl adjacent to an activating group) is 1. The SMILES string of the molecule is CCCN(C)CC(=O)N[C@H]1CC2(NC(=O)COc3ccc(Cl)cc3)CC12.